The Morgan fingerprint density at radius 2 is 1.79 bits per heavy atom. The maximum absolute atomic E-state index is 13.1. The second kappa shape index (κ2) is 8.84. The van der Waals surface area contributed by atoms with Gasteiger partial charge in [0, 0.05) is 23.8 Å². The van der Waals surface area contributed by atoms with Gasteiger partial charge in [-0.05, 0) is 35.9 Å². The quantitative estimate of drug-likeness (QED) is 0.835. The molecule has 1 aliphatic heterocycles. The van der Waals surface area contributed by atoms with E-state index < -0.39 is 0 Å². The van der Waals surface area contributed by atoms with E-state index in [1.54, 1.807) is 41.3 Å². The first-order valence-corrected chi connectivity index (χ1v) is 9.26. The fourth-order valence-corrected chi connectivity index (χ4v) is 2.88. The first-order chi connectivity index (χ1) is 13.4. The number of urea groups is 1. The van der Waals surface area contributed by atoms with Crippen LogP contribution in [0.15, 0.2) is 48.5 Å². The van der Waals surface area contributed by atoms with E-state index in [4.69, 9.17) is 4.74 Å². The molecule has 1 aliphatic rings. The molecule has 1 atom stereocenters. The zero-order valence-electron chi connectivity index (χ0n) is 15.9. The highest BCUT2D eigenvalue weighted by Gasteiger charge is 2.25. The number of nitrogens with one attached hydrogen (secondary N) is 2. The number of carbonyl (C=O) groups excluding carboxylic acids is 2. The second-order valence-corrected chi connectivity index (χ2v) is 7.01. The number of carbonyl (C=O) groups is 2. The van der Waals surface area contributed by atoms with Crippen molar-refractivity contribution >= 4 is 23.3 Å². The zero-order valence-corrected chi connectivity index (χ0v) is 15.9. The highest BCUT2D eigenvalue weighted by molar-refractivity contribution is 5.94. The van der Waals surface area contributed by atoms with Gasteiger partial charge in [0.15, 0.2) is 0 Å². The third kappa shape index (κ3) is 5.07. The van der Waals surface area contributed by atoms with Crippen molar-refractivity contribution < 1.29 is 18.7 Å². The molecule has 0 saturated carbocycles. The van der Waals surface area contributed by atoms with E-state index in [1.165, 1.54) is 12.1 Å². The topological polar surface area (TPSA) is 70.7 Å². The van der Waals surface area contributed by atoms with Gasteiger partial charge in [0.1, 0.15) is 11.9 Å². The van der Waals surface area contributed by atoms with E-state index in [0.717, 1.165) is 5.56 Å². The number of hydrogen-bond acceptors (Lipinski definition) is 3. The molecule has 28 heavy (non-hydrogen) atoms. The molecule has 2 aromatic carbocycles. The fourth-order valence-electron chi connectivity index (χ4n) is 2.88. The van der Waals surface area contributed by atoms with Crippen molar-refractivity contribution in [2.75, 3.05) is 30.3 Å². The number of ether oxygens (including phenoxy) is 1. The summed E-state index contributed by atoms with van der Waals surface area (Å²) < 4.78 is 18.8. The van der Waals surface area contributed by atoms with Crippen LogP contribution >= 0.6 is 0 Å². The molecule has 0 bridgehead atoms. The molecule has 3 rings (SSSR count). The van der Waals surface area contributed by atoms with Crippen LogP contribution in [0.5, 0.6) is 0 Å². The number of nitrogens with zero attached hydrogens (tertiary/aromatic N) is 1. The van der Waals surface area contributed by atoms with Crippen LogP contribution in [0, 0.1) is 11.7 Å². The lowest BCUT2D eigenvalue weighted by Crippen LogP contribution is -2.44. The van der Waals surface area contributed by atoms with Crippen LogP contribution in [0.4, 0.5) is 20.6 Å². The van der Waals surface area contributed by atoms with Crippen molar-refractivity contribution in [2.24, 2.45) is 5.92 Å². The third-order valence-corrected chi connectivity index (χ3v) is 4.50. The minimum absolute atomic E-state index is 0.0844. The Hall–Kier alpha value is -2.93. The van der Waals surface area contributed by atoms with Gasteiger partial charge < -0.3 is 20.3 Å². The van der Waals surface area contributed by atoms with Crippen molar-refractivity contribution in [3.05, 3.63) is 59.9 Å². The van der Waals surface area contributed by atoms with Crippen molar-refractivity contribution in [3.8, 4) is 0 Å². The smallest absolute Gasteiger partial charge is 0.322 e. The number of amides is 3. The summed E-state index contributed by atoms with van der Waals surface area (Å²) in [4.78, 5) is 26.2. The molecule has 6 nitrogen and oxygen atoms in total. The molecule has 0 spiro atoms. The Balaban J connectivity index is 1.62. The lowest BCUT2D eigenvalue weighted by atomic mass is 10.1. The van der Waals surface area contributed by atoms with Gasteiger partial charge in [-0.25, -0.2) is 9.18 Å². The van der Waals surface area contributed by atoms with Crippen molar-refractivity contribution in [1.29, 1.82) is 0 Å². The summed E-state index contributed by atoms with van der Waals surface area (Å²) in [6, 6.07) is 12.9. The Morgan fingerprint density at radius 1 is 1.11 bits per heavy atom. The Bertz CT molecular complexity index is 839. The molecule has 3 amide bonds. The average molecular weight is 385 g/mol. The maximum atomic E-state index is 13.1. The van der Waals surface area contributed by atoms with E-state index in [0.29, 0.717) is 31.1 Å². The molecule has 0 aromatic heterocycles. The molecule has 1 unspecified atom stereocenters. The van der Waals surface area contributed by atoms with E-state index in [1.807, 2.05) is 13.8 Å². The van der Waals surface area contributed by atoms with Gasteiger partial charge in [0.2, 0.25) is 5.91 Å². The van der Waals surface area contributed by atoms with Crippen LogP contribution in [-0.4, -0.2) is 36.5 Å². The highest BCUT2D eigenvalue weighted by atomic mass is 19.1. The van der Waals surface area contributed by atoms with E-state index >= 15 is 0 Å². The van der Waals surface area contributed by atoms with Gasteiger partial charge in [-0.3, -0.25) is 4.79 Å². The van der Waals surface area contributed by atoms with Crippen LogP contribution in [-0.2, 0) is 9.53 Å². The molecule has 2 N–H and O–H groups in total. The number of halogens is 1. The van der Waals surface area contributed by atoms with Gasteiger partial charge in [0.05, 0.1) is 13.2 Å². The van der Waals surface area contributed by atoms with Crippen LogP contribution in [0.25, 0.3) is 0 Å². The SMILES string of the molecule is CC(C)C(=O)Nc1cccc(NC(=O)N2CCOC(c3ccc(F)cc3)C2)c1. The zero-order chi connectivity index (χ0) is 20.1. The predicted molar refractivity (Wildman–Crippen MR) is 106 cm³/mol. The summed E-state index contributed by atoms with van der Waals surface area (Å²) in [5, 5.41) is 5.67. The molecule has 0 aliphatic carbocycles. The van der Waals surface area contributed by atoms with E-state index in [-0.39, 0.29) is 29.8 Å². The Morgan fingerprint density at radius 3 is 2.46 bits per heavy atom. The molecule has 7 heteroatoms. The second-order valence-electron chi connectivity index (χ2n) is 7.01. The molecule has 1 saturated heterocycles. The number of benzene rings is 2. The van der Waals surface area contributed by atoms with Gasteiger partial charge >= 0.3 is 6.03 Å². The number of hydrogen-bond donors (Lipinski definition) is 2. The standard InChI is InChI=1S/C21H24FN3O3/c1-14(2)20(26)23-17-4-3-5-18(12-17)24-21(27)25-10-11-28-19(13-25)15-6-8-16(22)9-7-15/h3-9,12,14,19H,10-11,13H2,1-2H3,(H,23,26)(H,24,27). The normalized spacial score (nSPS) is 16.7. The van der Waals surface area contributed by atoms with Crippen molar-refractivity contribution in [2.45, 2.75) is 20.0 Å². The fraction of sp³-hybridized carbons (Fsp3) is 0.333. The highest BCUT2D eigenvalue weighted by Crippen LogP contribution is 2.23. The molecule has 0 radical (unpaired) electrons. The van der Waals surface area contributed by atoms with E-state index in [2.05, 4.69) is 10.6 Å². The van der Waals surface area contributed by atoms with E-state index in [9.17, 15) is 14.0 Å². The summed E-state index contributed by atoms with van der Waals surface area (Å²) in [5.41, 5.74) is 2.05. The van der Waals surface area contributed by atoms with Crippen LogP contribution < -0.4 is 10.6 Å². The first-order valence-electron chi connectivity index (χ1n) is 9.26. The lowest BCUT2D eigenvalue weighted by molar-refractivity contribution is -0.118. The minimum Gasteiger partial charge on any atom is -0.370 e. The maximum Gasteiger partial charge on any atom is 0.322 e. The molecular weight excluding hydrogens is 361 g/mol. The lowest BCUT2D eigenvalue weighted by Gasteiger charge is -2.33. The molecule has 148 valence electrons. The summed E-state index contributed by atoms with van der Waals surface area (Å²) in [5.74, 6) is -0.521. The van der Waals surface area contributed by atoms with Gasteiger partial charge in [-0.2, -0.15) is 0 Å². The summed E-state index contributed by atoms with van der Waals surface area (Å²) >= 11 is 0. The van der Waals surface area contributed by atoms with Crippen molar-refractivity contribution in [3.63, 3.8) is 0 Å². The van der Waals surface area contributed by atoms with Crippen molar-refractivity contribution in [1.82, 2.24) is 4.90 Å². The van der Waals surface area contributed by atoms with Crippen LogP contribution in [0.2, 0.25) is 0 Å². The molecule has 2 aromatic rings. The number of rotatable bonds is 4. The van der Waals surface area contributed by atoms with Gasteiger partial charge in [-0.15, -0.1) is 0 Å². The van der Waals surface area contributed by atoms with Gasteiger partial charge in [0.25, 0.3) is 0 Å². The summed E-state index contributed by atoms with van der Waals surface area (Å²) in [6.07, 6.45) is -0.295. The Labute approximate surface area is 163 Å². The summed E-state index contributed by atoms with van der Waals surface area (Å²) in [7, 11) is 0. The third-order valence-electron chi connectivity index (χ3n) is 4.50. The average Bonchev–Trinajstić information content (AvgIpc) is 2.69. The van der Waals surface area contributed by atoms with Crippen LogP contribution in [0.1, 0.15) is 25.5 Å². The molecular formula is C21H24FN3O3. The predicted octanol–water partition coefficient (Wildman–Crippen LogP) is 4.03. The Kier molecular flexibility index (Phi) is 6.26. The van der Waals surface area contributed by atoms with Gasteiger partial charge in [-0.1, -0.05) is 32.0 Å². The minimum atomic E-state index is -0.307. The molecule has 1 heterocycles. The number of morpholine rings is 1. The summed E-state index contributed by atoms with van der Waals surface area (Å²) in [6.45, 7) is 4.88. The monoisotopic (exact) mass is 385 g/mol. The molecule has 1 fully saturated rings. The van der Waals surface area contributed by atoms with Crippen LogP contribution in [0.3, 0.4) is 0 Å². The first kappa shape index (κ1) is 19.8. The largest absolute Gasteiger partial charge is 0.370 e. The number of anilines is 2.